The molecule has 0 aromatic carbocycles. The first kappa shape index (κ1) is 25.3. The second-order valence-electron chi connectivity index (χ2n) is 9.20. The number of fused-ring (bicyclic) bond motifs is 1. The lowest BCUT2D eigenvalue weighted by Gasteiger charge is -2.29. The van der Waals surface area contributed by atoms with Gasteiger partial charge in [0.15, 0.2) is 6.29 Å². The number of hydrogen-bond donors (Lipinski definition) is 1. The predicted molar refractivity (Wildman–Crippen MR) is 133 cm³/mol. The maximum atomic E-state index is 13.2. The van der Waals surface area contributed by atoms with Gasteiger partial charge in [-0.25, -0.2) is 14.8 Å². The van der Waals surface area contributed by atoms with E-state index in [1.165, 1.54) is 11.1 Å². The predicted octanol–water partition coefficient (Wildman–Crippen LogP) is 3.09. The standard InChI is InChI=1S/C26H30N6O4/c1-17-7-9-31(25(17)34)15-20-11-19-5-3-8-32(24(19)29-22(20)16-33)26(35)30-23-12-18(6-4-10-36-2)21(13-27)14-28-23/h11-12,14,16-17H,3-10,15H2,1-2H3,(H,28,30,35)/t17-/m0/s1. The zero-order valence-electron chi connectivity index (χ0n) is 20.6. The van der Waals surface area contributed by atoms with Crippen LogP contribution in [0.2, 0.25) is 0 Å². The van der Waals surface area contributed by atoms with Crippen LogP contribution in [0.5, 0.6) is 0 Å². The molecule has 10 heteroatoms. The van der Waals surface area contributed by atoms with Crippen molar-refractivity contribution >= 4 is 29.9 Å². The Bertz CT molecular complexity index is 1210. The number of rotatable bonds is 8. The minimum atomic E-state index is -0.406. The van der Waals surface area contributed by atoms with Crippen molar-refractivity contribution in [3.05, 3.63) is 46.3 Å². The number of pyridine rings is 2. The topological polar surface area (TPSA) is 129 Å². The second kappa shape index (κ2) is 11.3. The third-order valence-corrected chi connectivity index (χ3v) is 6.70. The van der Waals surface area contributed by atoms with Crippen molar-refractivity contribution in [3.8, 4) is 6.07 Å². The fourth-order valence-electron chi connectivity index (χ4n) is 4.70. The lowest BCUT2D eigenvalue weighted by atomic mass is 10.0. The second-order valence-corrected chi connectivity index (χ2v) is 9.20. The first-order chi connectivity index (χ1) is 17.4. The van der Waals surface area contributed by atoms with E-state index in [0.717, 1.165) is 36.8 Å². The highest BCUT2D eigenvalue weighted by Crippen LogP contribution is 2.29. The molecule has 2 aliphatic rings. The number of ether oxygens (including phenoxy) is 1. The van der Waals surface area contributed by atoms with Crippen LogP contribution < -0.4 is 10.2 Å². The Morgan fingerprint density at radius 1 is 1.33 bits per heavy atom. The summed E-state index contributed by atoms with van der Waals surface area (Å²) in [5.74, 6) is 0.861. The minimum Gasteiger partial charge on any atom is -0.385 e. The van der Waals surface area contributed by atoms with E-state index in [-0.39, 0.29) is 17.5 Å². The summed E-state index contributed by atoms with van der Waals surface area (Å²) in [6.45, 7) is 3.93. The van der Waals surface area contributed by atoms with Crippen LogP contribution in [0.25, 0.3) is 0 Å². The molecular weight excluding hydrogens is 460 g/mol. The molecule has 4 rings (SSSR count). The van der Waals surface area contributed by atoms with Gasteiger partial charge in [0.25, 0.3) is 0 Å². The van der Waals surface area contributed by atoms with Crippen molar-refractivity contribution in [1.29, 1.82) is 5.26 Å². The number of carbonyl (C=O) groups excluding carboxylic acids is 3. The molecule has 0 radical (unpaired) electrons. The lowest BCUT2D eigenvalue weighted by Crippen LogP contribution is -2.40. The summed E-state index contributed by atoms with van der Waals surface area (Å²) < 4.78 is 5.09. The summed E-state index contributed by atoms with van der Waals surface area (Å²) in [6, 6.07) is 5.33. The summed E-state index contributed by atoms with van der Waals surface area (Å²) in [6.07, 6.45) is 5.77. The van der Waals surface area contributed by atoms with Crippen molar-refractivity contribution in [2.24, 2.45) is 5.92 Å². The third kappa shape index (κ3) is 5.36. The largest absolute Gasteiger partial charge is 0.385 e. The molecule has 1 fully saturated rings. The molecule has 0 unspecified atom stereocenters. The number of anilines is 2. The average molecular weight is 491 g/mol. The highest BCUT2D eigenvalue weighted by atomic mass is 16.5. The van der Waals surface area contributed by atoms with Crippen LogP contribution in [0.4, 0.5) is 16.4 Å². The van der Waals surface area contributed by atoms with E-state index in [1.54, 1.807) is 18.1 Å². The van der Waals surface area contributed by atoms with E-state index in [0.29, 0.717) is 61.7 Å². The Morgan fingerprint density at radius 2 is 2.17 bits per heavy atom. The zero-order chi connectivity index (χ0) is 25.7. The van der Waals surface area contributed by atoms with Crippen LogP contribution in [-0.2, 0) is 28.9 Å². The van der Waals surface area contributed by atoms with Gasteiger partial charge in [0, 0.05) is 51.0 Å². The van der Waals surface area contributed by atoms with E-state index in [9.17, 15) is 19.6 Å². The summed E-state index contributed by atoms with van der Waals surface area (Å²) in [5.41, 5.74) is 3.05. The smallest absolute Gasteiger partial charge is 0.328 e. The molecule has 4 heterocycles. The summed E-state index contributed by atoms with van der Waals surface area (Å²) in [4.78, 5) is 49.5. The van der Waals surface area contributed by atoms with Crippen LogP contribution in [0.3, 0.4) is 0 Å². The maximum Gasteiger partial charge on any atom is 0.328 e. The van der Waals surface area contributed by atoms with Gasteiger partial charge in [-0.1, -0.05) is 6.92 Å². The highest BCUT2D eigenvalue weighted by molar-refractivity contribution is 6.01. The Labute approximate surface area is 210 Å². The number of aryl methyl sites for hydroxylation is 2. The van der Waals surface area contributed by atoms with Gasteiger partial charge in [0.2, 0.25) is 5.91 Å². The number of aldehydes is 1. The number of nitriles is 1. The van der Waals surface area contributed by atoms with Crippen molar-refractivity contribution in [2.75, 3.05) is 37.0 Å². The first-order valence-electron chi connectivity index (χ1n) is 12.2. The fraction of sp³-hybridized carbons (Fsp3) is 0.462. The molecule has 2 aliphatic heterocycles. The number of hydrogen-bond acceptors (Lipinski definition) is 7. The summed E-state index contributed by atoms with van der Waals surface area (Å²) in [7, 11) is 1.62. The van der Waals surface area contributed by atoms with Gasteiger partial charge >= 0.3 is 6.03 Å². The van der Waals surface area contributed by atoms with Crippen LogP contribution in [0.1, 0.15) is 58.9 Å². The number of likely N-dealkylation sites (tertiary alicyclic amines) is 1. The average Bonchev–Trinajstić information content (AvgIpc) is 3.20. The number of carbonyl (C=O) groups is 3. The monoisotopic (exact) mass is 490 g/mol. The Hall–Kier alpha value is -3.84. The molecule has 1 atom stereocenters. The van der Waals surface area contributed by atoms with E-state index in [1.807, 2.05) is 13.0 Å². The van der Waals surface area contributed by atoms with E-state index < -0.39 is 6.03 Å². The van der Waals surface area contributed by atoms with E-state index >= 15 is 0 Å². The molecule has 188 valence electrons. The first-order valence-corrected chi connectivity index (χ1v) is 12.2. The van der Waals surface area contributed by atoms with Gasteiger partial charge in [-0.3, -0.25) is 19.8 Å². The number of amides is 3. The minimum absolute atomic E-state index is 0.00853. The molecule has 10 nitrogen and oxygen atoms in total. The zero-order valence-corrected chi connectivity index (χ0v) is 20.6. The van der Waals surface area contributed by atoms with Crippen molar-refractivity contribution < 1.29 is 19.1 Å². The van der Waals surface area contributed by atoms with Crippen LogP contribution in [0, 0.1) is 17.2 Å². The van der Waals surface area contributed by atoms with Crippen LogP contribution >= 0.6 is 0 Å². The van der Waals surface area contributed by atoms with Gasteiger partial charge in [0.1, 0.15) is 23.4 Å². The Kier molecular flexibility index (Phi) is 7.90. The van der Waals surface area contributed by atoms with Gasteiger partial charge in [0.05, 0.1) is 5.56 Å². The van der Waals surface area contributed by atoms with Crippen molar-refractivity contribution in [1.82, 2.24) is 14.9 Å². The quantitative estimate of drug-likeness (QED) is 0.445. The molecule has 1 N–H and O–H groups in total. The molecule has 0 spiro atoms. The van der Waals surface area contributed by atoms with Crippen molar-refractivity contribution in [3.63, 3.8) is 0 Å². The summed E-state index contributed by atoms with van der Waals surface area (Å²) in [5, 5.41) is 12.2. The maximum absolute atomic E-state index is 13.2. The number of nitrogens with one attached hydrogen (secondary N) is 1. The van der Waals surface area contributed by atoms with Crippen molar-refractivity contribution in [2.45, 2.75) is 45.6 Å². The number of methoxy groups -OCH3 is 1. The molecule has 2 aromatic heterocycles. The van der Waals surface area contributed by atoms with Gasteiger partial charge < -0.3 is 9.64 Å². The molecule has 36 heavy (non-hydrogen) atoms. The number of aromatic nitrogens is 2. The normalized spacial score (nSPS) is 17.0. The molecule has 3 amide bonds. The van der Waals surface area contributed by atoms with Crippen LogP contribution in [0.15, 0.2) is 18.3 Å². The number of nitrogens with zero attached hydrogens (tertiary/aromatic N) is 5. The molecule has 2 aromatic rings. The van der Waals surface area contributed by atoms with Gasteiger partial charge in [-0.05, 0) is 55.4 Å². The van der Waals surface area contributed by atoms with E-state index in [2.05, 4.69) is 21.4 Å². The lowest BCUT2D eigenvalue weighted by molar-refractivity contribution is -0.131. The molecule has 1 saturated heterocycles. The molecule has 0 bridgehead atoms. The Morgan fingerprint density at radius 3 is 2.86 bits per heavy atom. The number of urea groups is 1. The fourth-order valence-corrected chi connectivity index (χ4v) is 4.70. The highest BCUT2D eigenvalue weighted by Gasteiger charge is 2.30. The molecular formula is C26H30N6O4. The molecule has 0 aliphatic carbocycles. The van der Waals surface area contributed by atoms with Gasteiger partial charge in [-0.2, -0.15) is 5.26 Å². The third-order valence-electron chi connectivity index (χ3n) is 6.70. The SMILES string of the molecule is COCCCc1cc(NC(=O)N2CCCc3cc(CN4CC[C@H](C)C4=O)c(C=O)nc32)ncc1C#N. The van der Waals surface area contributed by atoms with Crippen LogP contribution in [-0.4, -0.2) is 59.9 Å². The molecule has 0 saturated carbocycles. The van der Waals surface area contributed by atoms with Gasteiger partial charge in [-0.15, -0.1) is 0 Å². The summed E-state index contributed by atoms with van der Waals surface area (Å²) >= 11 is 0. The van der Waals surface area contributed by atoms with E-state index in [4.69, 9.17) is 4.74 Å². The Balaban J connectivity index is 1.54.